The highest BCUT2D eigenvalue weighted by Crippen LogP contribution is 2.50. The van der Waals surface area contributed by atoms with Crippen molar-refractivity contribution in [1.29, 1.82) is 0 Å². The highest BCUT2D eigenvalue weighted by molar-refractivity contribution is 7.85. The van der Waals surface area contributed by atoms with Crippen molar-refractivity contribution >= 4 is 80.3 Å². The lowest BCUT2D eigenvalue weighted by molar-refractivity contribution is -0.0214. The summed E-state index contributed by atoms with van der Waals surface area (Å²) in [7, 11) is -11.7. The van der Waals surface area contributed by atoms with Crippen LogP contribution < -0.4 is 37.5 Å². The molecule has 8 N–H and O–H groups in total. The van der Waals surface area contributed by atoms with E-state index in [2.05, 4.69) is 219 Å². The lowest BCUT2D eigenvalue weighted by Gasteiger charge is -2.37. The molecule has 3 aliphatic heterocycles. The van der Waals surface area contributed by atoms with Crippen molar-refractivity contribution in [2.45, 2.75) is 279 Å². The molecule has 725 valence electrons. The third-order valence-corrected chi connectivity index (χ3v) is 47.1. The number of phenolic OH excluding ortho intramolecular Hbond substituents is 3. The molecular weight excluding hydrogens is 1790 g/mol. The van der Waals surface area contributed by atoms with E-state index in [1.807, 2.05) is 144 Å². The van der Waals surface area contributed by atoms with Gasteiger partial charge in [0.05, 0.1) is 16.4 Å². The maximum Gasteiger partial charge on any atom is 0.344 e. The predicted octanol–water partition coefficient (Wildman–Crippen LogP) is 29.8. The second-order valence-corrected chi connectivity index (χ2v) is 64.6. The number of aryl methyl sites for hydroxylation is 5. The monoisotopic (exact) mass is 1940 g/mol. The molecule has 0 saturated heterocycles. The average molecular weight is 1940 g/mol. The lowest BCUT2D eigenvalue weighted by Crippen LogP contribution is -2.43. The number of fused-ring (bicyclic) bond motifs is 12. The molecule has 0 spiro atoms. The Balaban J connectivity index is 0.000000198. The summed E-state index contributed by atoms with van der Waals surface area (Å²) < 4.78 is 78.1. The summed E-state index contributed by atoms with van der Waals surface area (Å²) in [4.78, 5) is 12.3. The Labute approximate surface area is 814 Å². The lowest BCUT2D eigenvalue weighted by atomic mass is 9.92. The minimum Gasteiger partial charge on any atom is -0.543 e. The normalized spacial score (nSPS) is 14.6. The van der Waals surface area contributed by atoms with Gasteiger partial charge in [-0.2, -0.15) is 8.42 Å². The molecule has 4 atom stereocenters. The molecule has 24 heteroatoms. The zero-order chi connectivity index (χ0) is 99.8. The summed E-state index contributed by atoms with van der Waals surface area (Å²) in [6, 6.07) is 64.2. The smallest absolute Gasteiger partial charge is 0.344 e. The molecule has 15 rings (SSSR count). The molecule has 11 aromatic carbocycles. The van der Waals surface area contributed by atoms with Gasteiger partial charge in [-0.3, -0.25) is 4.55 Å². The van der Waals surface area contributed by atoms with E-state index in [0.717, 1.165) is 145 Å². The number of hydrogen-bond donors (Lipinski definition) is 6. The van der Waals surface area contributed by atoms with Gasteiger partial charge in [-0.25, -0.2) is 4.79 Å². The second-order valence-electron chi connectivity index (χ2n) is 42.8. The van der Waals surface area contributed by atoms with Crippen LogP contribution in [0.1, 0.15) is 206 Å². The number of ether oxygens (including phenoxy) is 3. The fraction of sp³-hybridized carbons (Fsp3) is 0.396. The number of aliphatic hydroxyl groups excluding tert-OH is 2. The van der Waals surface area contributed by atoms with E-state index in [4.69, 9.17) is 40.9 Å². The molecule has 0 aliphatic carbocycles. The molecular formula is C111H148AlO18SSi4. The Morgan fingerprint density at radius 2 is 0.726 bits per heavy atom. The molecule has 18 nitrogen and oxygen atoms in total. The molecule has 4 unspecified atom stereocenters. The SMILES string of the molecule is CC(C)[CH2][Al][CH2]C(C)C.CC1Oc2cc(O)ccc2-c2ccc(O)cc21.Cc1ccc(-c2ccc(O[Si](C)(C)C(C)(C)C)cc2C(C)O)c(O)c1.Cc1ccc(S(=O)(=O)O)cc1.Cc1ccc2c(c1)OC(C)c1cc(O[Si](C)(C)C(C)(C)C)ccc1-2.Cc1ccc2c(c1)OC(O)c1cc(O[Si](C)(C)C(C)(C)C)ccc1-2.Cc1ccc2c(c1)oc(=O)c1cc(O[Si](C)(C)C(C)(C)C)ccc12.O. The first-order valence-electron chi connectivity index (χ1n) is 46.5. The number of aromatic hydroxyl groups is 3. The van der Waals surface area contributed by atoms with E-state index in [0.29, 0.717) is 16.7 Å². The van der Waals surface area contributed by atoms with Crippen LogP contribution in [0.25, 0.3) is 66.2 Å². The first-order chi connectivity index (χ1) is 61.9. The van der Waals surface area contributed by atoms with E-state index in [1.54, 1.807) is 49.4 Å². The summed E-state index contributed by atoms with van der Waals surface area (Å²) >= 11 is 0.755. The summed E-state index contributed by atoms with van der Waals surface area (Å²) in [6.45, 7) is 69.4. The quantitative estimate of drug-likeness (QED) is 0.0241. The van der Waals surface area contributed by atoms with Gasteiger partial charge in [0.1, 0.15) is 75.3 Å². The Morgan fingerprint density at radius 1 is 0.385 bits per heavy atom. The van der Waals surface area contributed by atoms with Crippen molar-refractivity contribution in [3.05, 3.63) is 267 Å². The standard InChI is InChI=1S/C21H30O3Si.C21H28O2Si.C20H26O3Si.C20H24O3Si.C14H12O3.C7H8O3S.2C4H9.Al.H2O/c1-14-8-10-18(20(23)12-14)17-11-9-16(13-19(17)15(2)22)24-25(6,7)21(3,4)5;1-14-8-10-18-17-11-9-16(23-24(6,7)21(3,4)5)13-19(17)15(2)22-20(18)12-14;2*1-13-7-9-16-15-10-8-14(23-24(5,6)20(2,3)4)12-17(15)19(21)22-18(16)11-13;1-8-13-6-9(15)2-4-11(13)12-5-3-10(16)7-14(12)17-8;1-6-2-4-7(5-3-6)11(8,9)10;2*1-4(2)3;;/h8-13,15,22-23H,1-7H3;8-13,15H,1-7H3;7-12,19,21H,1-6H3;7-12H,1-6H3;2-8,15-16H,1H3;2-5H,1H3,(H,8,9,10);2*4H,1H2,2-3H3;;1H2. The topological polar surface area (TPSA) is 282 Å². The first kappa shape index (κ1) is 110. The van der Waals surface area contributed by atoms with Crippen molar-refractivity contribution in [1.82, 2.24) is 0 Å². The van der Waals surface area contributed by atoms with E-state index < -0.39 is 55.8 Å². The van der Waals surface area contributed by atoms with Crippen molar-refractivity contribution < 1.29 is 80.3 Å². The molecule has 0 amide bonds. The summed E-state index contributed by atoms with van der Waals surface area (Å²) in [5, 5.41) is 55.9. The van der Waals surface area contributed by atoms with Gasteiger partial charge in [0.2, 0.25) is 54.8 Å². The Kier molecular flexibility index (Phi) is 36.2. The van der Waals surface area contributed by atoms with Crippen LogP contribution in [0.5, 0.6) is 57.5 Å². The van der Waals surface area contributed by atoms with Gasteiger partial charge in [0.25, 0.3) is 10.1 Å². The second kappa shape index (κ2) is 44.3. The highest BCUT2D eigenvalue weighted by Gasteiger charge is 2.43. The predicted molar refractivity (Wildman–Crippen MR) is 567 cm³/mol. The number of rotatable bonds is 15. The number of benzene rings is 11. The van der Waals surface area contributed by atoms with Gasteiger partial charge < -0.3 is 67.3 Å². The summed E-state index contributed by atoms with van der Waals surface area (Å²) in [5.41, 5.74) is 17.4. The number of hydrogen-bond acceptors (Lipinski definition) is 16. The van der Waals surface area contributed by atoms with E-state index in [1.165, 1.54) is 45.0 Å². The molecule has 3 aliphatic rings. The van der Waals surface area contributed by atoms with Gasteiger partial charge in [-0.05, 0) is 293 Å². The van der Waals surface area contributed by atoms with Crippen molar-refractivity contribution in [2.75, 3.05) is 0 Å². The summed E-state index contributed by atoms with van der Waals surface area (Å²) in [6.07, 6.45) is -1.71. The van der Waals surface area contributed by atoms with E-state index in [-0.39, 0.29) is 65.6 Å². The van der Waals surface area contributed by atoms with Gasteiger partial charge in [0.15, 0.2) is 0 Å². The molecule has 135 heavy (non-hydrogen) atoms. The molecule has 4 heterocycles. The van der Waals surface area contributed by atoms with Crippen molar-refractivity contribution in [3.8, 4) is 102 Å². The van der Waals surface area contributed by atoms with Gasteiger partial charge in [-0.1, -0.05) is 213 Å². The third-order valence-electron chi connectivity index (χ3n) is 26.2. The Hall–Kier alpha value is -9.92. The third kappa shape index (κ3) is 28.6. The number of phenols is 3. The highest BCUT2D eigenvalue weighted by atomic mass is 32.2. The average Bonchev–Trinajstić information content (AvgIpc) is 0.787. The van der Waals surface area contributed by atoms with Gasteiger partial charge >= 0.3 is 5.63 Å². The van der Waals surface area contributed by atoms with Crippen LogP contribution in [0, 0.1) is 46.5 Å². The molecule has 1 aromatic heterocycles. The molecule has 1 radical (unpaired) electrons. The van der Waals surface area contributed by atoms with Crippen LogP contribution in [0.2, 0.25) is 83.1 Å². The largest absolute Gasteiger partial charge is 0.543 e. The van der Waals surface area contributed by atoms with Crippen LogP contribution in [-0.2, 0) is 10.1 Å². The zero-order valence-corrected chi connectivity index (χ0v) is 91.6. The molecule has 0 bridgehead atoms. The maximum atomic E-state index is 12.4. The molecule has 0 fully saturated rings. The van der Waals surface area contributed by atoms with Crippen LogP contribution in [0.4, 0.5) is 0 Å². The minimum atomic E-state index is -4.02. The number of aliphatic hydroxyl groups is 2. The maximum absolute atomic E-state index is 12.4. The Morgan fingerprint density at radius 3 is 1.17 bits per heavy atom. The van der Waals surface area contributed by atoms with Gasteiger partial charge in [0, 0.05) is 55.8 Å². The fourth-order valence-corrected chi connectivity index (χ4v) is 20.3. The van der Waals surface area contributed by atoms with Gasteiger partial charge in [-0.15, -0.1) is 10.6 Å². The molecule has 0 saturated carbocycles. The van der Waals surface area contributed by atoms with E-state index >= 15 is 0 Å². The van der Waals surface area contributed by atoms with Crippen molar-refractivity contribution in [3.63, 3.8) is 0 Å². The summed E-state index contributed by atoms with van der Waals surface area (Å²) in [5.74, 6) is 8.18. The van der Waals surface area contributed by atoms with E-state index in [9.17, 15) is 38.7 Å². The van der Waals surface area contributed by atoms with Crippen LogP contribution in [0.3, 0.4) is 0 Å². The zero-order valence-electron chi connectivity index (χ0n) is 85.7. The van der Waals surface area contributed by atoms with Crippen molar-refractivity contribution in [2.24, 2.45) is 11.8 Å². The van der Waals surface area contributed by atoms with Crippen LogP contribution >= 0.6 is 0 Å². The molecule has 12 aromatic rings. The van der Waals surface area contributed by atoms with Crippen LogP contribution in [0.15, 0.2) is 220 Å². The fourth-order valence-electron chi connectivity index (χ4n) is 14.2. The first-order valence-corrected chi connectivity index (χ1v) is 61.2. The minimum absolute atomic E-state index is 0. The van der Waals surface area contributed by atoms with Crippen LogP contribution in [-0.4, -0.2) is 92.5 Å². The Bertz CT molecular complexity index is 6150.